The zero-order valence-electron chi connectivity index (χ0n) is 15.2. The van der Waals surface area contributed by atoms with Crippen LogP contribution in [0.5, 0.6) is 0 Å². The fourth-order valence-corrected chi connectivity index (χ4v) is 3.52. The Morgan fingerprint density at radius 2 is 1.85 bits per heavy atom. The van der Waals surface area contributed by atoms with Crippen LogP contribution >= 0.6 is 22.9 Å². The van der Waals surface area contributed by atoms with Crippen molar-refractivity contribution < 1.29 is 0 Å². The molecule has 0 saturated carbocycles. The van der Waals surface area contributed by atoms with Crippen LogP contribution < -0.4 is 10.6 Å². The molecule has 0 fully saturated rings. The third-order valence-electron chi connectivity index (χ3n) is 3.96. The van der Waals surface area contributed by atoms with Gasteiger partial charge in [-0.3, -0.25) is 4.99 Å². The van der Waals surface area contributed by atoms with Crippen molar-refractivity contribution in [1.29, 1.82) is 0 Å². The van der Waals surface area contributed by atoms with Gasteiger partial charge in [0, 0.05) is 43.7 Å². The second-order valence-corrected chi connectivity index (χ2v) is 7.17. The number of aromatic nitrogens is 2. The number of hydrogen-bond acceptors (Lipinski definition) is 4. The van der Waals surface area contributed by atoms with E-state index in [1.165, 1.54) is 0 Å². The quantitative estimate of drug-likeness (QED) is 0.360. The number of pyridine rings is 1. The summed E-state index contributed by atoms with van der Waals surface area (Å²) in [7, 11) is 1.77. The number of hydrogen-bond donors (Lipinski definition) is 2. The minimum absolute atomic E-state index is 0.515. The van der Waals surface area contributed by atoms with Gasteiger partial charge in [0.05, 0.1) is 5.69 Å². The third-order valence-corrected chi connectivity index (χ3v) is 5.13. The van der Waals surface area contributed by atoms with Crippen LogP contribution in [0.2, 0.25) is 5.15 Å². The molecule has 7 heteroatoms. The minimum atomic E-state index is 0.515. The van der Waals surface area contributed by atoms with Crippen LogP contribution in [-0.4, -0.2) is 36.1 Å². The molecule has 2 aromatic heterocycles. The van der Waals surface area contributed by atoms with E-state index < -0.39 is 0 Å². The molecule has 5 nitrogen and oxygen atoms in total. The second-order valence-electron chi connectivity index (χ2n) is 5.92. The summed E-state index contributed by atoms with van der Waals surface area (Å²) in [5.74, 6) is 0.787. The monoisotopic (exact) mass is 399 g/mol. The molecule has 140 valence electrons. The highest BCUT2D eigenvalue weighted by molar-refractivity contribution is 7.13. The highest BCUT2D eigenvalue weighted by Crippen LogP contribution is 2.23. The lowest BCUT2D eigenvalue weighted by molar-refractivity contribution is 0.777. The average Bonchev–Trinajstić information content (AvgIpc) is 3.18. The molecule has 0 unspecified atom stereocenters. The number of nitrogens with one attached hydrogen (secondary N) is 2. The standard InChI is InChI=1S/C20H22ClN5S/c1-22-20(23-11-9-15-7-8-18(21)25-13-15)24-12-10-17-14-27-19(26-17)16-5-3-2-4-6-16/h2-8,13-14H,9-12H2,1H3,(H2,22,23,24). The van der Waals surface area contributed by atoms with Gasteiger partial charge in [-0.25, -0.2) is 9.97 Å². The largest absolute Gasteiger partial charge is 0.356 e. The maximum absolute atomic E-state index is 5.80. The lowest BCUT2D eigenvalue weighted by atomic mass is 10.2. The average molecular weight is 400 g/mol. The first-order chi connectivity index (χ1) is 13.2. The van der Waals surface area contributed by atoms with Crippen molar-refractivity contribution in [1.82, 2.24) is 20.6 Å². The fraction of sp³-hybridized carbons (Fsp3) is 0.250. The highest BCUT2D eigenvalue weighted by Gasteiger charge is 2.05. The predicted molar refractivity (Wildman–Crippen MR) is 114 cm³/mol. The molecular weight excluding hydrogens is 378 g/mol. The fourth-order valence-electron chi connectivity index (χ4n) is 2.54. The van der Waals surface area contributed by atoms with Gasteiger partial charge >= 0.3 is 0 Å². The lowest BCUT2D eigenvalue weighted by Gasteiger charge is -2.11. The summed E-state index contributed by atoms with van der Waals surface area (Å²) in [6, 6.07) is 14.1. The lowest BCUT2D eigenvalue weighted by Crippen LogP contribution is -2.39. The van der Waals surface area contributed by atoms with Gasteiger partial charge in [-0.2, -0.15) is 0 Å². The van der Waals surface area contributed by atoms with Crippen molar-refractivity contribution in [2.45, 2.75) is 12.8 Å². The summed E-state index contributed by atoms with van der Waals surface area (Å²) >= 11 is 7.48. The molecular formula is C20H22ClN5S. The van der Waals surface area contributed by atoms with Crippen molar-refractivity contribution in [3.8, 4) is 10.6 Å². The maximum atomic E-state index is 5.80. The number of guanidine groups is 1. The normalized spacial score (nSPS) is 11.4. The van der Waals surface area contributed by atoms with E-state index in [1.54, 1.807) is 24.6 Å². The van der Waals surface area contributed by atoms with Crippen LogP contribution in [-0.2, 0) is 12.8 Å². The minimum Gasteiger partial charge on any atom is -0.356 e. The third kappa shape index (κ3) is 6.05. The summed E-state index contributed by atoms with van der Waals surface area (Å²) in [5.41, 5.74) is 3.39. The van der Waals surface area contributed by atoms with Gasteiger partial charge < -0.3 is 10.6 Å². The maximum Gasteiger partial charge on any atom is 0.190 e. The van der Waals surface area contributed by atoms with Gasteiger partial charge in [-0.05, 0) is 18.1 Å². The molecule has 27 heavy (non-hydrogen) atoms. The van der Waals surface area contributed by atoms with Gasteiger partial charge in [0.15, 0.2) is 5.96 Å². The Bertz CT molecular complexity index is 862. The number of aliphatic imine (C=N–C) groups is 1. The van der Waals surface area contributed by atoms with E-state index in [1.807, 2.05) is 30.3 Å². The molecule has 0 bridgehead atoms. The van der Waals surface area contributed by atoms with Gasteiger partial charge in [-0.15, -0.1) is 11.3 Å². The Balaban J connectivity index is 1.41. The van der Waals surface area contributed by atoms with Crippen LogP contribution in [0.4, 0.5) is 0 Å². The van der Waals surface area contributed by atoms with Gasteiger partial charge in [-0.1, -0.05) is 48.0 Å². The molecule has 3 rings (SSSR count). The Hall–Kier alpha value is -2.44. The molecule has 0 aliphatic rings. The van der Waals surface area contributed by atoms with E-state index >= 15 is 0 Å². The second kappa shape index (κ2) is 10.0. The van der Waals surface area contributed by atoms with Crippen molar-refractivity contribution >= 4 is 28.9 Å². The van der Waals surface area contributed by atoms with Crippen LogP contribution in [0.1, 0.15) is 11.3 Å². The van der Waals surface area contributed by atoms with Crippen LogP contribution in [0, 0.1) is 0 Å². The molecule has 1 aromatic carbocycles. The molecule has 0 saturated heterocycles. The topological polar surface area (TPSA) is 62.2 Å². The van der Waals surface area contributed by atoms with Crippen molar-refractivity contribution in [2.24, 2.45) is 4.99 Å². The SMILES string of the molecule is CN=C(NCCc1ccc(Cl)nc1)NCCc1csc(-c2ccccc2)n1. The molecule has 0 spiro atoms. The number of halogens is 1. The Kier molecular flexibility index (Phi) is 7.19. The van der Waals surface area contributed by atoms with E-state index in [4.69, 9.17) is 16.6 Å². The van der Waals surface area contributed by atoms with Crippen molar-refractivity contribution in [2.75, 3.05) is 20.1 Å². The molecule has 0 amide bonds. The van der Waals surface area contributed by atoms with Crippen LogP contribution in [0.3, 0.4) is 0 Å². The van der Waals surface area contributed by atoms with Gasteiger partial charge in [0.25, 0.3) is 0 Å². The zero-order valence-corrected chi connectivity index (χ0v) is 16.7. The van der Waals surface area contributed by atoms with E-state index in [-0.39, 0.29) is 0 Å². The number of nitrogens with zero attached hydrogens (tertiary/aromatic N) is 3. The van der Waals surface area contributed by atoms with Crippen LogP contribution in [0.15, 0.2) is 59.0 Å². The Morgan fingerprint density at radius 1 is 1.07 bits per heavy atom. The zero-order chi connectivity index (χ0) is 18.9. The molecule has 0 aliphatic carbocycles. The first-order valence-corrected chi connectivity index (χ1v) is 10.0. The summed E-state index contributed by atoms with van der Waals surface area (Å²) in [4.78, 5) is 13.1. The highest BCUT2D eigenvalue weighted by atomic mass is 35.5. The smallest absolute Gasteiger partial charge is 0.190 e. The van der Waals surface area contributed by atoms with E-state index in [0.29, 0.717) is 5.15 Å². The first-order valence-electron chi connectivity index (χ1n) is 8.79. The van der Waals surface area contributed by atoms with Crippen molar-refractivity contribution in [3.63, 3.8) is 0 Å². The van der Waals surface area contributed by atoms with Gasteiger partial charge in [0.1, 0.15) is 10.2 Å². The molecule has 2 heterocycles. The molecule has 2 N–H and O–H groups in total. The number of thiazole rings is 1. The van der Waals surface area contributed by atoms with Gasteiger partial charge in [0.2, 0.25) is 0 Å². The Labute approximate surface area is 168 Å². The van der Waals surface area contributed by atoms with Crippen LogP contribution in [0.25, 0.3) is 10.6 Å². The summed E-state index contributed by atoms with van der Waals surface area (Å²) in [6.07, 6.45) is 3.51. The molecule has 3 aromatic rings. The van der Waals surface area contributed by atoms with Crippen molar-refractivity contribution in [3.05, 3.63) is 70.5 Å². The number of rotatable bonds is 7. The summed E-state index contributed by atoms with van der Waals surface area (Å²) < 4.78 is 0. The predicted octanol–water partition coefficient (Wildman–Crippen LogP) is 3.81. The first kappa shape index (κ1) is 19.3. The summed E-state index contributed by atoms with van der Waals surface area (Å²) in [5, 5.41) is 10.3. The summed E-state index contributed by atoms with van der Waals surface area (Å²) in [6.45, 7) is 1.55. The Morgan fingerprint density at radius 3 is 2.56 bits per heavy atom. The van der Waals surface area contributed by atoms with E-state index in [2.05, 4.69) is 38.1 Å². The number of benzene rings is 1. The van der Waals surface area contributed by atoms with E-state index in [9.17, 15) is 0 Å². The van der Waals surface area contributed by atoms with E-state index in [0.717, 1.165) is 53.7 Å². The molecule has 0 atom stereocenters. The molecule has 0 radical (unpaired) electrons. The molecule has 0 aliphatic heterocycles.